The molecule has 0 aliphatic heterocycles. The summed E-state index contributed by atoms with van der Waals surface area (Å²) in [7, 11) is 0. The number of aliphatic imine (C=N–C) groups is 1. The predicted molar refractivity (Wildman–Crippen MR) is 52.2 cm³/mol. The van der Waals surface area contributed by atoms with Crippen LogP contribution in [0, 0.1) is 5.41 Å². The highest BCUT2D eigenvalue weighted by atomic mass is 14.7. The van der Waals surface area contributed by atoms with Crippen LogP contribution in [0.25, 0.3) is 0 Å². The van der Waals surface area contributed by atoms with Crippen molar-refractivity contribution in [3.63, 3.8) is 0 Å². The Balaban J connectivity index is 4.12. The zero-order valence-electron chi connectivity index (χ0n) is 8.36. The SMILES string of the molecule is C=C(C)CN=C(C)C(C)(C)C. The highest BCUT2D eigenvalue weighted by Crippen LogP contribution is 2.15. The van der Waals surface area contributed by atoms with Gasteiger partial charge in [-0.1, -0.05) is 32.9 Å². The van der Waals surface area contributed by atoms with Crippen LogP contribution in [0.3, 0.4) is 0 Å². The zero-order valence-corrected chi connectivity index (χ0v) is 8.36. The fourth-order valence-corrected chi connectivity index (χ4v) is 0.491. The van der Waals surface area contributed by atoms with Gasteiger partial charge >= 0.3 is 0 Å². The molecule has 0 saturated carbocycles. The zero-order chi connectivity index (χ0) is 9.07. The summed E-state index contributed by atoms with van der Waals surface area (Å²) in [6, 6.07) is 0. The van der Waals surface area contributed by atoms with Crippen LogP contribution in [0.4, 0.5) is 0 Å². The topological polar surface area (TPSA) is 12.4 Å². The molecule has 0 aliphatic carbocycles. The molecule has 0 spiro atoms. The van der Waals surface area contributed by atoms with E-state index in [-0.39, 0.29) is 5.41 Å². The van der Waals surface area contributed by atoms with Gasteiger partial charge in [-0.25, -0.2) is 0 Å². The minimum atomic E-state index is 0.204. The van der Waals surface area contributed by atoms with E-state index in [1.165, 1.54) is 5.71 Å². The van der Waals surface area contributed by atoms with Crippen LogP contribution in [0.1, 0.15) is 34.6 Å². The molecule has 0 rings (SSSR count). The average molecular weight is 153 g/mol. The molecule has 0 aromatic rings. The normalized spacial score (nSPS) is 13.4. The molecular weight excluding hydrogens is 134 g/mol. The quantitative estimate of drug-likeness (QED) is 0.427. The third-order valence-corrected chi connectivity index (χ3v) is 1.67. The van der Waals surface area contributed by atoms with Crippen molar-refractivity contribution < 1.29 is 0 Å². The summed E-state index contributed by atoms with van der Waals surface area (Å²) in [4.78, 5) is 4.41. The minimum Gasteiger partial charge on any atom is -0.289 e. The van der Waals surface area contributed by atoms with E-state index in [4.69, 9.17) is 0 Å². The van der Waals surface area contributed by atoms with Crippen molar-refractivity contribution >= 4 is 5.71 Å². The van der Waals surface area contributed by atoms with Gasteiger partial charge in [-0.2, -0.15) is 0 Å². The van der Waals surface area contributed by atoms with Crippen LogP contribution in [0.5, 0.6) is 0 Å². The van der Waals surface area contributed by atoms with Gasteiger partial charge < -0.3 is 0 Å². The van der Waals surface area contributed by atoms with Crippen LogP contribution in [0.15, 0.2) is 17.1 Å². The second-order valence-electron chi connectivity index (χ2n) is 4.11. The van der Waals surface area contributed by atoms with Crippen molar-refractivity contribution in [2.24, 2.45) is 10.4 Å². The molecule has 0 bridgehead atoms. The van der Waals surface area contributed by atoms with Crippen molar-refractivity contribution in [3.8, 4) is 0 Å². The lowest BCUT2D eigenvalue weighted by Crippen LogP contribution is -2.17. The summed E-state index contributed by atoms with van der Waals surface area (Å²) in [6.07, 6.45) is 0. The molecule has 0 heterocycles. The molecule has 0 amide bonds. The molecule has 0 aromatic heterocycles. The van der Waals surface area contributed by atoms with Gasteiger partial charge in [0.25, 0.3) is 0 Å². The van der Waals surface area contributed by atoms with Gasteiger partial charge in [-0.05, 0) is 19.3 Å². The molecule has 0 N–H and O–H groups in total. The van der Waals surface area contributed by atoms with Crippen molar-refractivity contribution in [1.82, 2.24) is 0 Å². The monoisotopic (exact) mass is 153 g/mol. The molecule has 11 heavy (non-hydrogen) atoms. The lowest BCUT2D eigenvalue weighted by Gasteiger charge is -2.17. The van der Waals surface area contributed by atoms with E-state index < -0.39 is 0 Å². The Kier molecular flexibility index (Phi) is 3.50. The Morgan fingerprint density at radius 2 is 1.73 bits per heavy atom. The van der Waals surface area contributed by atoms with E-state index >= 15 is 0 Å². The minimum absolute atomic E-state index is 0.204. The molecule has 1 nitrogen and oxygen atoms in total. The van der Waals surface area contributed by atoms with Crippen molar-refractivity contribution in [3.05, 3.63) is 12.2 Å². The van der Waals surface area contributed by atoms with Crippen LogP contribution in [-0.2, 0) is 0 Å². The average Bonchev–Trinajstić information content (AvgIpc) is 1.80. The van der Waals surface area contributed by atoms with Crippen molar-refractivity contribution in [1.29, 1.82) is 0 Å². The molecule has 0 aliphatic rings. The van der Waals surface area contributed by atoms with Crippen molar-refractivity contribution in [2.45, 2.75) is 34.6 Å². The van der Waals surface area contributed by atoms with Gasteiger partial charge in [-0.3, -0.25) is 4.99 Å². The van der Waals surface area contributed by atoms with E-state index in [0.717, 1.165) is 12.1 Å². The Labute approximate surface area is 70.2 Å². The lowest BCUT2D eigenvalue weighted by atomic mass is 9.91. The molecule has 0 unspecified atom stereocenters. The fraction of sp³-hybridized carbons (Fsp3) is 0.700. The summed E-state index contributed by atoms with van der Waals surface area (Å²) in [6.45, 7) is 15.2. The molecule has 0 aromatic carbocycles. The highest BCUT2D eigenvalue weighted by molar-refractivity contribution is 5.86. The first-order chi connectivity index (χ1) is 4.84. The predicted octanol–water partition coefficient (Wildman–Crippen LogP) is 3.07. The summed E-state index contributed by atoms with van der Waals surface area (Å²) in [5.41, 5.74) is 2.52. The van der Waals surface area contributed by atoms with Gasteiger partial charge in [0.15, 0.2) is 0 Å². The third-order valence-electron chi connectivity index (χ3n) is 1.67. The van der Waals surface area contributed by atoms with E-state index in [0.29, 0.717) is 0 Å². The molecule has 0 saturated heterocycles. The fourth-order valence-electron chi connectivity index (χ4n) is 0.491. The maximum absolute atomic E-state index is 4.41. The number of hydrogen-bond acceptors (Lipinski definition) is 1. The van der Waals surface area contributed by atoms with Crippen LogP contribution in [-0.4, -0.2) is 12.3 Å². The Hall–Kier alpha value is -0.590. The van der Waals surface area contributed by atoms with Crippen LogP contribution in [0.2, 0.25) is 0 Å². The van der Waals surface area contributed by atoms with E-state index in [1.54, 1.807) is 0 Å². The molecule has 1 heteroatoms. The van der Waals surface area contributed by atoms with Gasteiger partial charge in [0, 0.05) is 5.71 Å². The van der Waals surface area contributed by atoms with Crippen LogP contribution >= 0.6 is 0 Å². The second-order valence-corrected chi connectivity index (χ2v) is 4.11. The Bertz CT molecular complexity index is 170. The number of hydrogen-bond donors (Lipinski definition) is 0. The van der Waals surface area contributed by atoms with Gasteiger partial charge in [-0.15, -0.1) is 0 Å². The van der Waals surface area contributed by atoms with Gasteiger partial charge in [0.2, 0.25) is 0 Å². The first-order valence-corrected chi connectivity index (χ1v) is 4.00. The largest absolute Gasteiger partial charge is 0.289 e. The molecule has 0 atom stereocenters. The second kappa shape index (κ2) is 3.70. The summed E-state index contributed by atoms with van der Waals surface area (Å²) >= 11 is 0. The molecule has 64 valence electrons. The lowest BCUT2D eigenvalue weighted by molar-refractivity contribution is 0.585. The van der Waals surface area contributed by atoms with Crippen molar-refractivity contribution in [2.75, 3.05) is 6.54 Å². The highest BCUT2D eigenvalue weighted by Gasteiger charge is 2.13. The maximum atomic E-state index is 4.41. The number of rotatable bonds is 2. The maximum Gasteiger partial charge on any atom is 0.0593 e. The molecule has 0 fully saturated rings. The number of nitrogens with zero attached hydrogens (tertiary/aromatic N) is 1. The van der Waals surface area contributed by atoms with Crippen LogP contribution < -0.4 is 0 Å². The first-order valence-electron chi connectivity index (χ1n) is 4.00. The Morgan fingerprint density at radius 1 is 1.27 bits per heavy atom. The van der Waals surface area contributed by atoms with Gasteiger partial charge in [0.1, 0.15) is 0 Å². The van der Waals surface area contributed by atoms with E-state index in [9.17, 15) is 0 Å². The van der Waals surface area contributed by atoms with E-state index in [2.05, 4.69) is 39.3 Å². The molecular formula is C10H19N. The summed E-state index contributed by atoms with van der Waals surface area (Å²) in [5.74, 6) is 0. The first kappa shape index (κ1) is 10.4. The smallest absolute Gasteiger partial charge is 0.0593 e. The Morgan fingerprint density at radius 3 is 2.00 bits per heavy atom. The molecule has 0 radical (unpaired) electrons. The van der Waals surface area contributed by atoms with Gasteiger partial charge in [0.05, 0.1) is 6.54 Å². The van der Waals surface area contributed by atoms with E-state index in [1.807, 2.05) is 6.92 Å². The standard InChI is InChI=1S/C10H19N/c1-8(2)7-11-9(3)10(4,5)6/h1,7H2,2-6H3. The summed E-state index contributed by atoms with van der Waals surface area (Å²) in [5, 5.41) is 0. The third kappa shape index (κ3) is 4.77. The summed E-state index contributed by atoms with van der Waals surface area (Å²) < 4.78 is 0.